The minimum absolute atomic E-state index is 0.0510. The lowest BCUT2D eigenvalue weighted by molar-refractivity contribution is -0.118. The molecule has 164 valence electrons. The molecular formula is C22H18ClFN4O3S. The van der Waals surface area contributed by atoms with Crippen molar-refractivity contribution in [1.82, 2.24) is 14.9 Å². The Morgan fingerprint density at radius 2 is 2.06 bits per heavy atom. The maximum absolute atomic E-state index is 14.0. The summed E-state index contributed by atoms with van der Waals surface area (Å²) in [7, 11) is 3.26. The average molecular weight is 473 g/mol. The van der Waals surface area contributed by atoms with Crippen LogP contribution in [0.15, 0.2) is 36.8 Å². The third-order valence-corrected chi connectivity index (χ3v) is 7.35. The number of pyridine rings is 1. The Balaban J connectivity index is 1.52. The van der Waals surface area contributed by atoms with Crippen LogP contribution in [0.5, 0.6) is 5.75 Å². The van der Waals surface area contributed by atoms with Gasteiger partial charge in [-0.2, -0.15) is 0 Å². The number of aryl methyl sites for hydroxylation is 2. The molecule has 2 unspecified atom stereocenters. The van der Waals surface area contributed by atoms with Gasteiger partial charge in [-0.3, -0.25) is 9.78 Å². The Kier molecular flexibility index (Phi) is 4.90. The highest BCUT2D eigenvalue weighted by molar-refractivity contribution is 8.09. The number of hydrogen-bond acceptors (Lipinski definition) is 5. The van der Waals surface area contributed by atoms with Crippen LogP contribution in [0.4, 0.5) is 14.9 Å². The van der Waals surface area contributed by atoms with Crippen molar-refractivity contribution in [3.8, 4) is 5.75 Å². The SMILES string of the molecule is COc1cc(C2=CC3NC(=O)N(c4cncc5c4c(C)cn5C)C(=O)C3S2)c(Cl)cc1F. The van der Waals surface area contributed by atoms with Gasteiger partial charge in [0.2, 0.25) is 0 Å². The molecule has 0 aliphatic carbocycles. The highest BCUT2D eigenvalue weighted by Gasteiger charge is 2.46. The van der Waals surface area contributed by atoms with Crippen molar-refractivity contribution in [2.45, 2.75) is 18.2 Å². The zero-order valence-electron chi connectivity index (χ0n) is 17.3. The van der Waals surface area contributed by atoms with Crippen molar-refractivity contribution in [2.24, 2.45) is 7.05 Å². The van der Waals surface area contributed by atoms with E-state index < -0.39 is 23.1 Å². The van der Waals surface area contributed by atoms with Crippen LogP contribution in [0.1, 0.15) is 11.1 Å². The van der Waals surface area contributed by atoms with E-state index in [0.717, 1.165) is 21.4 Å². The number of anilines is 1. The van der Waals surface area contributed by atoms with Gasteiger partial charge in [-0.15, -0.1) is 11.8 Å². The zero-order valence-corrected chi connectivity index (χ0v) is 18.9. The van der Waals surface area contributed by atoms with Crippen molar-refractivity contribution in [1.29, 1.82) is 0 Å². The van der Waals surface area contributed by atoms with Gasteiger partial charge in [0.25, 0.3) is 5.91 Å². The number of rotatable bonds is 3. The first-order chi connectivity index (χ1) is 15.3. The first-order valence-corrected chi connectivity index (χ1v) is 11.0. The van der Waals surface area contributed by atoms with Gasteiger partial charge in [0.05, 0.1) is 41.8 Å². The van der Waals surface area contributed by atoms with Crippen LogP contribution in [0.25, 0.3) is 15.8 Å². The number of fused-ring (bicyclic) bond motifs is 2. The number of benzene rings is 1. The van der Waals surface area contributed by atoms with Gasteiger partial charge in [0.1, 0.15) is 5.25 Å². The molecule has 1 N–H and O–H groups in total. The molecule has 2 aliphatic heterocycles. The van der Waals surface area contributed by atoms with Crippen LogP contribution < -0.4 is 15.0 Å². The monoisotopic (exact) mass is 472 g/mol. The van der Waals surface area contributed by atoms with Crippen molar-refractivity contribution in [3.05, 3.63) is 58.8 Å². The van der Waals surface area contributed by atoms with Gasteiger partial charge < -0.3 is 14.6 Å². The highest BCUT2D eigenvalue weighted by Crippen LogP contribution is 2.46. The van der Waals surface area contributed by atoms with E-state index in [1.165, 1.54) is 37.2 Å². The molecule has 7 nitrogen and oxygen atoms in total. The lowest BCUT2D eigenvalue weighted by atomic mass is 10.1. The molecule has 10 heteroatoms. The number of carbonyl (C=O) groups is 2. The molecule has 32 heavy (non-hydrogen) atoms. The van der Waals surface area contributed by atoms with Crippen molar-refractivity contribution in [2.75, 3.05) is 12.0 Å². The molecule has 1 saturated heterocycles. The van der Waals surface area contributed by atoms with Crippen LogP contribution in [0.3, 0.4) is 0 Å². The van der Waals surface area contributed by atoms with E-state index in [1.807, 2.05) is 24.7 Å². The number of amides is 3. The fourth-order valence-electron chi connectivity index (χ4n) is 4.22. The normalized spacial score (nSPS) is 20.4. The lowest BCUT2D eigenvalue weighted by Crippen LogP contribution is -2.60. The standard InChI is InChI=1S/C22H18ClFN4O3S/c1-10-9-27(2)15-7-25-8-16(19(10)15)28-21(29)20-14(26-22(28)30)6-18(32-20)11-4-17(31-3)13(24)5-12(11)23/h4-9,14,20H,1-3H3,(H,26,30). The maximum atomic E-state index is 14.0. The lowest BCUT2D eigenvalue weighted by Gasteiger charge is -2.33. The fourth-order valence-corrected chi connectivity index (χ4v) is 5.82. The molecule has 2 atom stereocenters. The van der Waals surface area contributed by atoms with Gasteiger partial charge in [0, 0.05) is 29.1 Å². The van der Waals surface area contributed by atoms with Gasteiger partial charge in [-0.25, -0.2) is 14.1 Å². The van der Waals surface area contributed by atoms with E-state index in [4.69, 9.17) is 16.3 Å². The third kappa shape index (κ3) is 3.07. The molecular weight excluding hydrogens is 455 g/mol. The number of halogens is 2. The second-order valence-electron chi connectivity index (χ2n) is 7.66. The molecule has 2 aromatic heterocycles. The summed E-state index contributed by atoms with van der Waals surface area (Å²) in [4.78, 5) is 32.5. The molecule has 2 aliphatic rings. The average Bonchev–Trinajstić information content (AvgIpc) is 3.29. The van der Waals surface area contributed by atoms with E-state index >= 15 is 0 Å². The van der Waals surface area contributed by atoms with Crippen molar-refractivity contribution >= 4 is 56.8 Å². The first-order valence-electron chi connectivity index (χ1n) is 9.76. The third-order valence-electron chi connectivity index (χ3n) is 5.68. The number of imide groups is 1. The minimum Gasteiger partial charge on any atom is -0.494 e. The highest BCUT2D eigenvalue weighted by atomic mass is 35.5. The Morgan fingerprint density at radius 1 is 1.28 bits per heavy atom. The summed E-state index contributed by atoms with van der Waals surface area (Å²) in [6.07, 6.45) is 6.93. The number of carbonyl (C=O) groups excluding carboxylic acids is 2. The topological polar surface area (TPSA) is 76.5 Å². The van der Waals surface area contributed by atoms with Crippen LogP contribution in [-0.2, 0) is 11.8 Å². The van der Waals surface area contributed by atoms with Crippen LogP contribution >= 0.6 is 23.4 Å². The fraction of sp³-hybridized carbons (Fsp3) is 0.227. The summed E-state index contributed by atoms with van der Waals surface area (Å²) in [5.74, 6) is -0.871. The van der Waals surface area contributed by atoms with Crippen LogP contribution in [0.2, 0.25) is 5.02 Å². The molecule has 4 heterocycles. The molecule has 1 aromatic carbocycles. The number of hydrogen-bond donors (Lipinski definition) is 1. The minimum atomic E-state index is -0.589. The van der Waals surface area contributed by atoms with E-state index in [0.29, 0.717) is 16.2 Å². The van der Waals surface area contributed by atoms with Crippen LogP contribution in [0, 0.1) is 12.7 Å². The van der Waals surface area contributed by atoms with Crippen molar-refractivity contribution in [3.63, 3.8) is 0 Å². The largest absolute Gasteiger partial charge is 0.494 e. The zero-order chi connectivity index (χ0) is 22.7. The van der Waals surface area contributed by atoms with E-state index in [9.17, 15) is 14.0 Å². The Bertz CT molecular complexity index is 1340. The Hall–Kier alpha value is -3.04. The molecule has 0 bridgehead atoms. The molecule has 0 saturated carbocycles. The maximum Gasteiger partial charge on any atom is 0.329 e. The second-order valence-corrected chi connectivity index (χ2v) is 9.25. The smallest absolute Gasteiger partial charge is 0.329 e. The molecule has 1 fully saturated rings. The molecule has 3 amide bonds. The number of methoxy groups -OCH3 is 1. The predicted octanol–water partition coefficient (Wildman–Crippen LogP) is 4.26. The summed E-state index contributed by atoms with van der Waals surface area (Å²) < 4.78 is 20.9. The number of nitrogens with zero attached hydrogens (tertiary/aromatic N) is 3. The van der Waals surface area contributed by atoms with Gasteiger partial charge >= 0.3 is 6.03 Å². The molecule has 0 radical (unpaired) electrons. The van der Waals surface area contributed by atoms with E-state index in [2.05, 4.69) is 10.3 Å². The molecule has 5 rings (SSSR count). The molecule has 0 spiro atoms. The van der Waals surface area contributed by atoms with Gasteiger partial charge in [-0.05, 0) is 30.7 Å². The van der Waals surface area contributed by atoms with Gasteiger partial charge in [0.15, 0.2) is 11.6 Å². The van der Waals surface area contributed by atoms with E-state index in [-0.39, 0.29) is 16.7 Å². The number of thioether (sulfide) groups is 1. The Morgan fingerprint density at radius 3 is 2.81 bits per heavy atom. The quantitative estimate of drug-likeness (QED) is 0.616. The van der Waals surface area contributed by atoms with Crippen molar-refractivity contribution < 1.29 is 18.7 Å². The summed E-state index contributed by atoms with van der Waals surface area (Å²) in [5.41, 5.74) is 2.74. The molecule has 3 aromatic rings. The number of ether oxygens (including phenoxy) is 1. The van der Waals surface area contributed by atoms with E-state index in [1.54, 1.807) is 12.3 Å². The summed E-state index contributed by atoms with van der Waals surface area (Å²) >= 11 is 7.55. The van der Waals surface area contributed by atoms with Crippen LogP contribution in [-0.4, -0.2) is 39.9 Å². The number of urea groups is 1. The predicted molar refractivity (Wildman–Crippen MR) is 123 cm³/mol. The summed E-state index contributed by atoms with van der Waals surface area (Å²) in [5, 5.41) is 3.30. The number of nitrogens with one attached hydrogen (secondary N) is 1. The van der Waals surface area contributed by atoms with Gasteiger partial charge in [-0.1, -0.05) is 11.6 Å². The second kappa shape index (κ2) is 7.53. The summed E-state index contributed by atoms with van der Waals surface area (Å²) in [6, 6.07) is 1.64. The number of aromatic nitrogens is 2. The summed E-state index contributed by atoms with van der Waals surface area (Å²) in [6.45, 7) is 1.93. The first kappa shape index (κ1) is 20.8. The Labute approximate surface area is 192 Å².